The molecule has 3 aromatic rings. The number of hydrogen-bond acceptors (Lipinski definition) is 6. The van der Waals surface area contributed by atoms with E-state index in [4.69, 9.17) is 18.9 Å². The Morgan fingerprint density at radius 1 is 0.935 bits per heavy atom. The van der Waals surface area contributed by atoms with Gasteiger partial charge in [-0.15, -0.1) is 0 Å². The molecule has 6 heteroatoms. The van der Waals surface area contributed by atoms with Crippen LogP contribution in [0.3, 0.4) is 0 Å². The van der Waals surface area contributed by atoms with E-state index in [1.807, 2.05) is 18.2 Å². The van der Waals surface area contributed by atoms with Crippen molar-refractivity contribution >= 4 is 27.5 Å². The Hall–Kier alpha value is -2.99. The summed E-state index contributed by atoms with van der Waals surface area (Å²) in [4.78, 5) is 14.5. The van der Waals surface area contributed by atoms with Crippen LogP contribution in [0.15, 0.2) is 30.3 Å². The lowest BCUT2D eigenvalue weighted by Gasteiger charge is -2.39. The molecular weight excluding hydrogens is 394 g/mol. The number of rotatable bonds is 4. The Kier molecular flexibility index (Phi) is 4.89. The average Bonchev–Trinajstić information content (AvgIpc) is 3.26. The van der Waals surface area contributed by atoms with Crippen LogP contribution in [0.2, 0.25) is 0 Å². The van der Waals surface area contributed by atoms with Crippen molar-refractivity contribution in [3.8, 4) is 17.2 Å². The van der Waals surface area contributed by atoms with Crippen molar-refractivity contribution in [1.82, 2.24) is 4.90 Å². The molecule has 2 atom stereocenters. The van der Waals surface area contributed by atoms with Gasteiger partial charge in [0.2, 0.25) is 0 Å². The molecule has 0 saturated carbocycles. The van der Waals surface area contributed by atoms with Crippen molar-refractivity contribution in [2.45, 2.75) is 38.5 Å². The van der Waals surface area contributed by atoms with Gasteiger partial charge in [0.1, 0.15) is 11.9 Å². The monoisotopic (exact) mass is 421 g/mol. The number of hydrogen-bond donors (Lipinski definition) is 0. The molecule has 0 N–H and O–H groups in total. The summed E-state index contributed by atoms with van der Waals surface area (Å²) in [7, 11) is 4.97. The minimum Gasteiger partial charge on any atom is -0.497 e. The van der Waals surface area contributed by atoms with Gasteiger partial charge in [-0.1, -0.05) is 6.07 Å². The molecule has 2 heterocycles. The first-order valence-electron chi connectivity index (χ1n) is 10.6. The van der Waals surface area contributed by atoms with Gasteiger partial charge in [0.05, 0.1) is 27.4 Å². The fourth-order valence-electron chi connectivity index (χ4n) is 5.37. The summed E-state index contributed by atoms with van der Waals surface area (Å²) in [5, 5.41) is 4.31. The van der Waals surface area contributed by atoms with E-state index in [1.165, 1.54) is 12.5 Å². The van der Waals surface area contributed by atoms with Gasteiger partial charge >= 0.3 is 5.97 Å². The molecule has 2 aliphatic rings. The van der Waals surface area contributed by atoms with E-state index < -0.39 is 0 Å². The third-order valence-corrected chi connectivity index (χ3v) is 6.68. The van der Waals surface area contributed by atoms with E-state index in [2.05, 4.69) is 17.0 Å². The van der Waals surface area contributed by atoms with Gasteiger partial charge in [0.25, 0.3) is 0 Å². The van der Waals surface area contributed by atoms with Crippen LogP contribution in [0.4, 0.5) is 0 Å². The molecule has 162 valence electrons. The summed E-state index contributed by atoms with van der Waals surface area (Å²) in [6, 6.07) is 10.4. The highest BCUT2D eigenvalue weighted by molar-refractivity contribution is 6.12. The van der Waals surface area contributed by atoms with Crippen LogP contribution in [0.25, 0.3) is 21.5 Å². The van der Waals surface area contributed by atoms with Crippen LogP contribution in [0, 0.1) is 0 Å². The second kappa shape index (κ2) is 7.61. The van der Waals surface area contributed by atoms with Gasteiger partial charge in [-0.25, -0.2) is 0 Å². The summed E-state index contributed by atoms with van der Waals surface area (Å²) in [5.74, 6) is 1.90. The molecule has 31 heavy (non-hydrogen) atoms. The topological polar surface area (TPSA) is 57.2 Å². The molecule has 0 radical (unpaired) electrons. The summed E-state index contributed by atoms with van der Waals surface area (Å²) in [6.07, 6.45) is 1.84. The predicted molar refractivity (Wildman–Crippen MR) is 119 cm³/mol. The minimum atomic E-state index is -0.294. The number of fused-ring (bicyclic) bond motifs is 7. The van der Waals surface area contributed by atoms with Crippen molar-refractivity contribution in [3.05, 3.63) is 41.5 Å². The Bertz CT molecular complexity index is 1190. The number of ether oxygens (including phenoxy) is 4. The maximum Gasteiger partial charge on any atom is 0.303 e. The highest BCUT2D eigenvalue weighted by atomic mass is 16.5. The van der Waals surface area contributed by atoms with Crippen LogP contribution < -0.4 is 14.2 Å². The summed E-state index contributed by atoms with van der Waals surface area (Å²) < 4.78 is 22.7. The van der Waals surface area contributed by atoms with Gasteiger partial charge in [-0.3, -0.25) is 9.69 Å². The van der Waals surface area contributed by atoms with Crippen molar-refractivity contribution in [2.75, 3.05) is 27.9 Å². The lowest BCUT2D eigenvalue weighted by molar-refractivity contribution is -0.150. The van der Waals surface area contributed by atoms with Gasteiger partial charge < -0.3 is 18.9 Å². The average molecular weight is 421 g/mol. The molecule has 6 nitrogen and oxygen atoms in total. The largest absolute Gasteiger partial charge is 0.497 e. The molecule has 1 saturated heterocycles. The fraction of sp³-hybridized carbons (Fsp3) is 0.400. The van der Waals surface area contributed by atoms with Gasteiger partial charge in [0, 0.05) is 19.0 Å². The number of carbonyl (C=O) groups excluding carboxylic acids is 1. The lowest BCUT2D eigenvalue weighted by atomic mass is 9.83. The molecule has 0 aliphatic carbocycles. The van der Waals surface area contributed by atoms with E-state index in [-0.39, 0.29) is 18.1 Å². The van der Waals surface area contributed by atoms with E-state index >= 15 is 0 Å². The zero-order valence-corrected chi connectivity index (χ0v) is 18.4. The standard InChI is InChI=1S/C25H27NO5/c1-14(27)31-25-21-6-5-9-26(21)13-20-19-12-23(30-4)22(29-3)11-18(19)17-10-15(28-2)7-8-16(17)24(20)25/h7-8,10-12,21,25H,5-6,9,13H2,1-4H3/t21-,25-/m0/s1. The quantitative estimate of drug-likeness (QED) is 0.453. The summed E-state index contributed by atoms with van der Waals surface area (Å²) >= 11 is 0. The van der Waals surface area contributed by atoms with Gasteiger partial charge in [-0.05, 0) is 70.8 Å². The van der Waals surface area contributed by atoms with E-state index in [9.17, 15) is 4.79 Å². The highest BCUT2D eigenvalue weighted by Crippen LogP contribution is 2.48. The Morgan fingerprint density at radius 3 is 2.32 bits per heavy atom. The van der Waals surface area contributed by atoms with Crippen molar-refractivity contribution in [3.63, 3.8) is 0 Å². The van der Waals surface area contributed by atoms with Gasteiger partial charge in [0.15, 0.2) is 11.5 Å². The maximum absolute atomic E-state index is 12.1. The molecule has 3 aromatic carbocycles. The summed E-state index contributed by atoms with van der Waals surface area (Å²) in [5.41, 5.74) is 2.30. The zero-order valence-electron chi connectivity index (χ0n) is 18.4. The third kappa shape index (κ3) is 3.08. The molecule has 1 fully saturated rings. The number of carbonyl (C=O) groups is 1. The fourth-order valence-corrected chi connectivity index (χ4v) is 5.37. The highest BCUT2D eigenvalue weighted by Gasteiger charge is 2.41. The number of esters is 1. The van der Waals surface area contributed by atoms with Crippen LogP contribution >= 0.6 is 0 Å². The molecule has 0 unspecified atom stereocenters. The summed E-state index contributed by atoms with van der Waals surface area (Å²) in [6.45, 7) is 3.33. The van der Waals surface area contributed by atoms with Crippen molar-refractivity contribution in [1.29, 1.82) is 0 Å². The minimum absolute atomic E-state index is 0.208. The smallest absolute Gasteiger partial charge is 0.303 e. The predicted octanol–water partition coefficient (Wildman–Crippen LogP) is 4.60. The lowest BCUT2D eigenvalue weighted by Crippen LogP contribution is -2.40. The number of nitrogens with zero attached hydrogens (tertiary/aromatic N) is 1. The molecule has 0 spiro atoms. The molecule has 5 rings (SSSR count). The van der Waals surface area contributed by atoms with Gasteiger partial charge in [-0.2, -0.15) is 0 Å². The first-order valence-corrected chi connectivity index (χ1v) is 10.6. The zero-order chi connectivity index (χ0) is 21.7. The number of benzene rings is 3. The Balaban J connectivity index is 1.90. The van der Waals surface area contributed by atoms with Crippen molar-refractivity contribution < 1.29 is 23.7 Å². The number of methoxy groups -OCH3 is 3. The van der Waals surface area contributed by atoms with Crippen LogP contribution in [-0.4, -0.2) is 44.8 Å². The van der Waals surface area contributed by atoms with E-state index in [0.717, 1.165) is 58.8 Å². The van der Waals surface area contributed by atoms with Crippen LogP contribution in [-0.2, 0) is 16.1 Å². The van der Waals surface area contributed by atoms with Crippen molar-refractivity contribution in [2.24, 2.45) is 0 Å². The maximum atomic E-state index is 12.1. The molecule has 0 bridgehead atoms. The van der Waals surface area contributed by atoms with E-state index in [0.29, 0.717) is 11.5 Å². The first-order chi connectivity index (χ1) is 15.0. The van der Waals surface area contributed by atoms with Crippen LogP contribution in [0.5, 0.6) is 17.2 Å². The molecule has 0 amide bonds. The molecule has 2 aliphatic heterocycles. The van der Waals surface area contributed by atoms with E-state index in [1.54, 1.807) is 21.3 Å². The molecular formula is C25H27NO5. The van der Waals surface area contributed by atoms with Crippen LogP contribution in [0.1, 0.15) is 37.0 Å². The second-order valence-electron chi connectivity index (χ2n) is 8.27. The Morgan fingerprint density at radius 2 is 1.65 bits per heavy atom. The first kappa shape index (κ1) is 19.9. The normalized spacial score (nSPS) is 20.4. The third-order valence-electron chi connectivity index (χ3n) is 6.68. The SMILES string of the molecule is COc1ccc2c3c(c4cc(OC)c(OC)cc4c2c1)CN1CCC[C@H]1[C@@H]3OC(C)=O. The second-order valence-corrected chi connectivity index (χ2v) is 8.27. The molecule has 0 aromatic heterocycles. The Labute approximate surface area is 181 Å².